The molecule has 3 N–H and O–H groups in total. The number of carbonyl (C=O) groups is 2. The largest absolute Gasteiger partial charge is 0.481 e. The van der Waals surface area contributed by atoms with Crippen molar-refractivity contribution in [2.75, 3.05) is 0 Å². The Labute approximate surface area is 148 Å². The SMILES string of the molecule is C[C@@]1(C(=O)O)CCC[C@@]2(C)[C@@H]3CC[C@@H]4C[C@@]3(C[C@@]2(O)C1=O)C[C@@]4(C)O. The normalized spacial score (nSPS) is 57.7. The van der Waals surface area contributed by atoms with Crippen molar-refractivity contribution in [3.05, 3.63) is 0 Å². The van der Waals surface area contributed by atoms with Crippen LogP contribution >= 0.6 is 0 Å². The predicted octanol–water partition coefficient (Wildman–Crippen LogP) is 2.53. The van der Waals surface area contributed by atoms with Crippen LogP contribution in [0.2, 0.25) is 0 Å². The zero-order valence-electron chi connectivity index (χ0n) is 15.5. The smallest absolute Gasteiger partial charge is 0.317 e. The van der Waals surface area contributed by atoms with Crippen LogP contribution in [0.25, 0.3) is 0 Å². The third-order valence-corrected chi connectivity index (χ3v) is 8.83. The number of rotatable bonds is 1. The van der Waals surface area contributed by atoms with Crippen molar-refractivity contribution in [1.82, 2.24) is 0 Å². The lowest BCUT2D eigenvalue weighted by atomic mass is 9.60. The Morgan fingerprint density at radius 2 is 1.76 bits per heavy atom. The summed E-state index contributed by atoms with van der Waals surface area (Å²) in [6.07, 6.45) is 5.22. The van der Waals surface area contributed by atoms with Gasteiger partial charge in [0.05, 0.1) is 5.60 Å². The van der Waals surface area contributed by atoms with Gasteiger partial charge in [0, 0.05) is 5.41 Å². The molecule has 4 aliphatic rings. The van der Waals surface area contributed by atoms with Gasteiger partial charge in [0.25, 0.3) is 0 Å². The number of ketones is 1. The number of hydrogen-bond acceptors (Lipinski definition) is 4. The summed E-state index contributed by atoms with van der Waals surface area (Å²) in [5, 5.41) is 32.3. The maximum Gasteiger partial charge on any atom is 0.317 e. The van der Waals surface area contributed by atoms with E-state index in [2.05, 4.69) is 0 Å². The summed E-state index contributed by atoms with van der Waals surface area (Å²) in [7, 11) is 0. The fourth-order valence-corrected chi connectivity index (χ4v) is 7.55. The monoisotopic (exact) mass is 350 g/mol. The molecule has 140 valence electrons. The maximum atomic E-state index is 13.4. The second-order valence-corrected chi connectivity index (χ2v) is 10.2. The second kappa shape index (κ2) is 4.66. The van der Waals surface area contributed by atoms with Gasteiger partial charge in [0.1, 0.15) is 11.0 Å². The quantitative estimate of drug-likeness (QED) is 0.632. The molecule has 4 fully saturated rings. The molecule has 0 amide bonds. The lowest BCUT2D eigenvalue weighted by Gasteiger charge is -2.45. The fraction of sp³-hybridized carbons (Fsp3) is 0.900. The van der Waals surface area contributed by atoms with E-state index in [9.17, 15) is 24.9 Å². The van der Waals surface area contributed by atoms with Crippen LogP contribution in [0.4, 0.5) is 0 Å². The number of aliphatic carboxylic acids is 1. The van der Waals surface area contributed by atoms with E-state index >= 15 is 0 Å². The van der Waals surface area contributed by atoms with Crippen LogP contribution in [0, 0.1) is 28.1 Å². The van der Waals surface area contributed by atoms with Crippen LogP contribution in [-0.4, -0.2) is 38.3 Å². The van der Waals surface area contributed by atoms with E-state index in [0.717, 1.165) is 19.3 Å². The Morgan fingerprint density at radius 3 is 2.40 bits per heavy atom. The molecule has 0 aliphatic heterocycles. The van der Waals surface area contributed by atoms with E-state index < -0.39 is 33.8 Å². The first-order valence-electron chi connectivity index (χ1n) is 9.64. The van der Waals surface area contributed by atoms with Crippen LogP contribution < -0.4 is 0 Å². The van der Waals surface area contributed by atoms with E-state index in [1.165, 1.54) is 6.92 Å². The van der Waals surface area contributed by atoms with Crippen molar-refractivity contribution >= 4 is 11.8 Å². The minimum absolute atomic E-state index is 0.176. The summed E-state index contributed by atoms with van der Waals surface area (Å²) in [5.41, 5.74) is -4.69. The van der Waals surface area contributed by atoms with E-state index in [4.69, 9.17) is 0 Å². The van der Waals surface area contributed by atoms with Gasteiger partial charge in [-0.1, -0.05) is 13.3 Å². The highest BCUT2D eigenvalue weighted by Crippen LogP contribution is 2.74. The van der Waals surface area contributed by atoms with Gasteiger partial charge < -0.3 is 15.3 Å². The van der Waals surface area contributed by atoms with Gasteiger partial charge in [-0.3, -0.25) is 9.59 Å². The van der Waals surface area contributed by atoms with Gasteiger partial charge in [-0.05, 0) is 76.0 Å². The highest BCUT2D eigenvalue weighted by Gasteiger charge is 2.75. The molecule has 0 heterocycles. The number of Topliss-reactive ketones (excluding diaryl/α,β-unsaturated/α-hetero) is 1. The molecule has 0 unspecified atom stereocenters. The highest BCUT2D eigenvalue weighted by molar-refractivity contribution is 6.07. The van der Waals surface area contributed by atoms with Crippen LogP contribution in [-0.2, 0) is 9.59 Å². The third-order valence-electron chi connectivity index (χ3n) is 8.83. The molecule has 0 aromatic carbocycles. The van der Waals surface area contributed by atoms with Gasteiger partial charge >= 0.3 is 5.97 Å². The first-order chi connectivity index (χ1) is 11.4. The Bertz CT molecular complexity index is 656. The van der Waals surface area contributed by atoms with E-state index in [1.807, 2.05) is 13.8 Å². The van der Waals surface area contributed by atoms with Crippen molar-refractivity contribution in [1.29, 1.82) is 0 Å². The van der Waals surface area contributed by atoms with Crippen LogP contribution in [0.5, 0.6) is 0 Å². The van der Waals surface area contributed by atoms with E-state index in [1.54, 1.807) is 0 Å². The predicted molar refractivity (Wildman–Crippen MR) is 90.8 cm³/mol. The van der Waals surface area contributed by atoms with Gasteiger partial charge in [-0.25, -0.2) is 0 Å². The summed E-state index contributed by atoms with van der Waals surface area (Å²) in [6, 6.07) is 0. The molecule has 0 saturated heterocycles. The van der Waals surface area contributed by atoms with Crippen LogP contribution in [0.15, 0.2) is 0 Å². The summed E-state index contributed by atoms with van der Waals surface area (Å²) >= 11 is 0. The van der Waals surface area contributed by atoms with Gasteiger partial charge in [-0.2, -0.15) is 0 Å². The summed E-state index contributed by atoms with van der Waals surface area (Å²) in [5.74, 6) is -1.23. The number of carbonyl (C=O) groups excluding carboxylic acids is 1. The number of carboxylic acid groups (broad SMARTS) is 1. The van der Waals surface area contributed by atoms with Gasteiger partial charge in [0.15, 0.2) is 5.78 Å². The van der Waals surface area contributed by atoms with Crippen molar-refractivity contribution in [3.63, 3.8) is 0 Å². The van der Waals surface area contributed by atoms with E-state index in [-0.39, 0.29) is 17.3 Å². The minimum Gasteiger partial charge on any atom is -0.481 e. The molecule has 0 aromatic rings. The lowest BCUT2D eigenvalue weighted by molar-refractivity contribution is -0.168. The van der Waals surface area contributed by atoms with Gasteiger partial charge in [-0.15, -0.1) is 0 Å². The first kappa shape index (κ1) is 17.5. The standard InChI is InChI=1S/C20H30O5/c1-16(15(22)23)7-4-8-17(2)13-6-5-12-9-19(13,10-18(12,3)24)11-20(17,25)14(16)21/h12-13,24-25H,4-11H2,1-3H3,(H,22,23)/t12-,13+,16-,17+,18-,19+,20-/m1/s1. The molecule has 7 atom stereocenters. The molecule has 4 rings (SSSR count). The fourth-order valence-electron chi connectivity index (χ4n) is 7.55. The van der Waals surface area contributed by atoms with E-state index in [0.29, 0.717) is 32.1 Å². The minimum atomic E-state index is -1.60. The van der Waals surface area contributed by atoms with Crippen molar-refractivity contribution < 1.29 is 24.9 Å². The molecule has 1 spiro atoms. The molecule has 0 radical (unpaired) electrons. The Hall–Kier alpha value is -0.940. The topological polar surface area (TPSA) is 94.8 Å². The molecular formula is C20H30O5. The van der Waals surface area contributed by atoms with Crippen molar-refractivity contribution in [3.8, 4) is 0 Å². The molecular weight excluding hydrogens is 320 g/mol. The number of fused-ring (bicyclic) bond motifs is 3. The average molecular weight is 350 g/mol. The van der Waals surface area contributed by atoms with Crippen LogP contribution in [0.1, 0.15) is 72.1 Å². The summed E-state index contributed by atoms with van der Waals surface area (Å²) < 4.78 is 0. The Morgan fingerprint density at radius 1 is 1.08 bits per heavy atom. The Balaban J connectivity index is 1.84. The highest BCUT2D eigenvalue weighted by atomic mass is 16.4. The summed E-state index contributed by atoms with van der Waals surface area (Å²) in [4.78, 5) is 25.3. The number of aliphatic hydroxyl groups is 2. The summed E-state index contributed by atoms with van der Waals surface area (Å²) in [6.45, 7) is 5.37. The molecule has 25 heavy (non-hydrogen) atoms. The molecule has 0 aromatic heterocycles. The van der Waals surface area contributed by atoms with Crippen molar-refractivity contribution in [2.24, 2.45) is 28.1 Å². The molecule has 4 saturated carbocycles. The van der Waals surface area contributed by atoms with Crippen molar-refractivity contribution in [2.45, 2.75) is 83.3 Å². The molecule has 5 nitrogen and oxygen atoms in total. The number of hydrogen-bond donors (Lipinski definition) is 3. The third kappa shape index (κ3) is 1.86. The zero-order valence-corrected chi connectivity index (χ0v) is 15.5. The Kier molecular flexibility index (Phi) is 3.26. The van der Waals surface area contributed by atoms with Gasteiger partial charge in [0.2, 0.25) is 0 Å². The average Bonchev–Trinajstić information content (AvgIpc) is 2.79. The number of carboxylic acids is 1. The lowest BCUT2D eigenvalue weighted by Crippen LogP contribution is -2.56. The second-order valence-electron chi connectivity index (χ2n) is 10.2. The molecule has 5 heteroatoms. The molecule has 4 aliphatic carbocycles. The van der Waals surface area contributed by atoms with Crippen LogP contribution in [0.3, 0.4) is 0 Å². The zero-order chi connectivity index (χ0) is 18.5. The first-order valence-corrected chi connectivity index (χ1v) is 9.64. The maximum absolute atomic E-state index is 13.4. The molecule has 2 bridgehead atoms.